The number of hydrogen-bond donors (Lipinski definition) is 3. The number of alkyl halides is 3. The number of H-pyrrole nitrogens is 1. The van der Waals surface area contributed by atoms with Crippen LogP contribution in [0.2, 0.25) is 0 Å². The highest BCUT2D eigenvalue weighted by Gasteiger charge is 2.33. The molecule has 3 N–H and O–H groups in total. The largest absolute Gasteiger partial charge is 0.417 e. The Bertz CT molecular complexity index is 1380. The number of halogens is 4. The number of hydrogen-bond acceptors (Lipinski definition) is 2. The van der Waals surface area contributed by atoms with Crippen molar-refractivity contribution in [3.8, 4) is 0 Å². The number of pyridine rings is 1. The quantitative estimate of drug-likeness (QED) is 0.249. The number of fused-ring (bicyclic) bond motifs is 1. The third kappa shape index (κ3) is 5.38. The Kier molecular flexibility index (Phi) is 6.15. The number of anilines is 2. The van der Waals surface area contributed by atoms with Crippen LogP contribution in [-0.2, 0) is 12.6 Å². The molecule has 1 aromatic heterocycles. The molecule has 0 atom stereocenters. The monoisotopic (exact) mass is 471 g/mol. The van der Waals surface area contributed by atoms with Gasteiger partial charge in [-0.15, -0.1) is 0 Å². The van der Waals surface area contributed by atoms with Crippen LogP contribution in [0.5, 0.6) is 0 Å². The summed E-state index contributed by atoms with van der Waals surface area (Å²) in [7, 11) is 0. The molecule has 33 heavy (non-hydrogen) atoms. The first-order valence-corrected chi connectivity index (χ1v) is 10.2. The highest BCUT2D eigenvalue weighted by atomic mass is 32.1. The van der Waals surface area contributed by atoms with Crippen LogP contribution in [0.15, 0.2) is 77.6 Å². The van der Waals surface area contributed by atoms with Gasteiger partial charge in [0.2, 0.25) is 5.56 Å². The zero-order valence-electron chi connectivity index (χ0n) is 17.0. The van der Waals surface area contributed by atoms with Crippen LogP contribution in [0.4, 0.5) is 28.9 Å². The van der Waals surface area contributed by atoms with Crippen LogP contribution in [0.1, 0.15) is 16.7 Å². The van der Waals surface area contributed by atoms with Gasteiger partial charge in [-0.2, -0.15) is 13.2 Å². The van der Waals surface area contributed by atoms with Gasteiger partial charge in [-0.3, -0.25) is 4.79 Å². The van der Waals surface area contributed by atoms with Crippen LogP contribution in [-0.4, -0.2) is 10.1 Å². The van der Waals surface area contributed by atoms with Crippen molar-refractivity contribution in [1.82, 2.24) is 4.98 Å². The van der Waals surface area contributed by atoms with E-state index in [4.69, 9.17) is 12.2 Å². The Morgan fingerprint density at radius 1 is 0.939 bits per heavy atom. The summed E-state index contributed by atoms with van der Waals surface area (Å²) < 4.78 is 53.5. The van der Waals surface area contributed by atoms with Crippen molar-refractivity contribution in [3.63, 3.8) is 0 Å². The Balaban J connectivity index is 1.60. The van der Waals surface area contributed by atoms with Crippen LogP contribution in [0, 0.1) is 5.82 Å². The highest BCUT2D eigenvalue weighted by Crippen LogP contribution is 2.34. The molecule has 0 bridgehead atoms. The summed E-state index contributed by atoms with van der Waals surface area (Å²) in [5.41, 5.74) is 1.06. The van der Waals surface area contributed by atoms with Crippen molar-refractivity contribution in [1.29, 1.82) is 0 Å². The minimum Gasteiger partial charge on any atom is -0.332 e. The van der Waals surface area contributed by atoms with Gasteiger partial charge >= 0.3 is 6.18 Å². The fraction of sp³-hybridized carbons (Fsp3) is 0.0833. The van der Waals surface area contributed by atoms with E-state index < -0.39 is 17.3 Å². The molecule has 3 aromatic carbocycles. The molecule has 0 aliphatic heterocycles. The van der Waals surface area contributed by atoms with Gasteiger partial charge in [0.15, 0.2) is 5.11 Å². The number of benzene rings is 3. The predicted octanol–water partition coefficient (Wildman–Crippen LogP) is 6.09. The van der Waals surface area contributed by atoms with Crippen LogP contribution >= 0.6 is 12.2 Å². The van der Waals surface area contributed by atoms with Gasteiger partial charge in [0, 0.05) is 28.3 Å². The summed E-state index contributed by atoms with van der Waals surface area (Å²) in [6.45, 7) is 0. The minimum absolute atomic E-state index is 0.0708. The Labute approximate surface area is 191 Å². The first-order chi connectivity index (χ1) is 15.7. The summed E-state index contributed by atoms with van der Waals surface area (Å²) in [5, 5.41) is 6.24. The van der Waals surface area contributed by atoms with Crippen molar-refractivity contribution in [2.75, 3.05) is 10.6 Å². The van der Waals surface area contributed by atoms with E-state index in [0.717, 1.165) is 5.56 Å². The van der Waals surface area contributed by atoms with E-state index in [1.807, 2.05) is 12.1 Å². The van der Waals surface area contributed by atoms with Crippen molar-refractivity contribution >= 4 is 39.6 Å². The molecular weight excluding hydrogens is 454 g/mol. The normalized spacial score (nSPS) is 11.4. The molecule has 4 rings (SSSR count). The topological polar surface area (TPSA) is 56.9 Å². The molecule has 0 aliphatic carbocycles. The van der Waals surface area contributed by atoms with Gasteiger partial charge in [-0.05, 0) is 72.2 Å². The number of aromatic nitrogens is 1. The van der Waals surface area contributed by atoms with E-state index in [1.165, 1.54) is 24.3 Å². The zero-order valence-corrected chi connectivity index (χ0v) is 17.8. The van der Waals surface area contributed by atoms with E-state index in [1.54, 1.807) is 30.3 Å². The van der Waals surface area contributed by atoms with E-state index >= 15 is 0 Å². The summed E-state index contributed by atoms with van der Waals surface area (Å²) >= 11 is 5.33. The first-order valence-electron chi connectivity index (χ1n) is 9.84. The van der Waals surface area contributed by atoms with E-state index in [9.17, 15) is 22.4 Å². The maximum atomic E-state index is 13.5. The number of aromatic amines is 1. The molecule has 0 radical (unpaired) electrons. The molecule has 9 heteroatoms. The van der Waals surface area contributed by atoms with Gasteiger partial charge < -0.3 is 15.6 Å². The number of para-hydroxylation sites is 1. The van der Waals surface area contributed by atoms with Crippen molar-refractivity contribution in [2.24, 2.45) is 0 Å². The average Bonchev–Trinajstić information content (AvgIpc) is 2.76. The third-order valence-electron chi connectivity index (χ3n) is 4.98. The zero-order chi connectivity index (χ0) is 23.6. The molecule has 4 aromatic rings. The fourth-order valence-corrected chi connectivity index (χ4v) is 3.71. The molecule has 0 aliphatic rings. The lowest BCUT2D eigenvalue weighted by Crippen LogP contribution is -2.20. The standard InChI is InChI=1S/C24H17F4N3OS/c25-16-6-8-17(9-7-16)29-23(33)31-20-4-2-1-3-15(20)11-14-5-10-21-18(12-14)19(24(26,27)28)13-22(32)30-21/h1-10,12-13H,11H2,(H,30,32)(H2,29,31,33). The maximum absolute atomic E-state index is 13.5. The molecule has 0 saturated carbocycles. The van der Waals surface area contributed by atoms with Crippen molar-refractivity contribution in [3.05, 3.63) is 106 Å². The summed E-state index contributed by atoms with van der Waals surface area (Å²) in [6, 6.07) is 18.1. The smallest absolute Gasteiger partial charge is 0.332 e. The molecule has 0 saturated heterocycles. The van der Waals surface area contributed by atoms with Gasteiger partial charge in [0.25, 0.3) is 0 Å². The highest BCUT2D eigenvalue weighted by molar-refractivity contribution is 7.80. The molecular formula is C24H17F4N3OS. The molecule has 0 unspecified atom stereocenters. The van der Waals surface area contributed by atoms with Crippen LogP contribution < -0.4 is 16.2 Å². The minimum atomic E-state index is -4.65. The van der Waals surface area contributed by atoms with Gasteiger partial charge in [0.1, 0.15) is 5.82 Å². The summed E-state index contributed by atoms with van der Waals surface area (Å²) in [4.78, 5) is 14.1. The van der Waals surface area contributed by atoms with Gasteiger partial charge in [-0.1, -0.05) is 24.3 Å². The SMILES string of the molecule is O=c1cc(C(F)(F)F)c2cc(Cc3ccccc3NC(=S)Nc3ccc(F)cc3)ccc2[nH]1. The number of nitrogens with one attached hydrogen (secondary N) is 3. The number of rotatable bonds is 4. The summed E-state index contributed by atoms with van der Waals surface area (Å²) in [6.07, 6.45) is -4.32. The maximum Gasteiger partial charge on any atom is 0.417 e. The Hall–Kier alpha value is -3.72. The Morgan fingerprint density at radius 2 is 1.67 bits per heavy atom. The molecule has 0 fully saturated rings. The lowest BCUT2D eigenvalue weighted by molar-refractivity contribution is -0.136. The summed E-state index contributed by atoms with van der Waals surface area (Å²) in [5.74, 6) is -0.363. The predicted molar refractivity (Wildman–Crippen MR) is 125 cm³/mol. The molecule has 0 amide bonds. The lowest BCUT2D eigenvalue weighted by atomic mass is 9.99. The average molecular weight is 471 g/mol. The second-order valence-corrected chi connectivity index (χ2v) is 7.75. The molecule has 0 spiro atoms. The van der Waals surface area contributed by atoms with Crippen molar-refractivity contribution < 1.29 is 17.6 Å². The van der Waals surface area contributed by atoms with Crippen LogP contribution in [0.3, 0.4) is 0 Å². The van der Waals surface area contributed by atoms with E-state index in [0.29, 0.717) is 29.4 Å². The Morgan fingerprint density at radius 3 is 2.39 bits per heavy atom. The molecule has 4 nitrogen and oxygen atoms in total. The van der Waals surface area contributed by atoms with Gasteiger partial charge in [0.05, 0.1) is 5.56 Å². The molecule has 1 heterocycles. The van der Waals surface area contributed by atoms with Gasteiger partial charge in [-0.25, -0.2) is 4.39 Å². The van der Waals surface area contributed by atoms with Crippen molar-refractivity contribution in [2.45, 2.75) is 12.6 Å². The third-order valence-corrected chi connectivity index (χ3v) is 5.18. The molecule has 168 valence electrons. The second-order valence-electron chi connectivity index (χ2n) is 7.34. The fourth-order valence-electron chi connectivity index (χ4n) is 3.48. The van der Waals surface area contributed by atoms with E-state index in [-0.39, 0.29) is 21.8 Å². The number of thiocarbonyl (C=S) groups is 1. The van der Waals surface area contributed by atoms with Crippen LogP contribution in [0.25, 0.3) is 10.9 Å². The van der Waals surface area contributed by atoms with E-state index in [2.05, 4.69) is 15.6 Å². The lowest BCUT2D eigenvalue weighted by Gasteiger charge is -2.15. The first kappa shape index (κ1) is 22.5. The second kappa shape index (κ2) is 9.03.